The van der Waals surface area contributed by atoms with Gasteiger partial charge in [0.05, 0.1) is 11.4 Å². The Morgan fingerprint density at radius 2 is 1.45 bits per heavy atom. The van der Waals surface area contributed by atoms with Gasteiger partial charge in [-0.1, -0.05) is 12.8 Å². The Morgan fingerprint density at radius 3 is 1.90 bits per heavy atom. The molecule has 0 amide bonds. The van der Waals surface area contributed by atoms with Gasteiger partial charge in [0.1, 0.15) is 5.75 Å². The van der Waals surface area contributed by atoms with E-state index in [2.05, 4.69) is 0 Å². The Balaban J connectivity index is 4.87. The molecule has 4 atom stereocenters. The van der Waals surface area contributed by atoms with Crippen molar-refractivity contribution in [2.75, 3.05) is 11.5 Å². The average molecular weight is 502 g/mol. The zero-order valence-electron chi connectivity index (χ0n) is 16.9. The molecule has 0 aromatic carbocycles. The van der Waals surface area contributed by atoms with Gasteiger partial charge in [0, 0.05) is 19.8 Å². The minimum Gasteiger partial charge on any atom is -0.614 e. The van der Waals surface area contributed by atoms with Crippen molar-refractivity contribution < 1.29 is 40.9 Å². The number of rotatable bonds is 15. The van der Waals surface area contributed by atoms with Crippen molar-refractivity contribution >= 4 is 36.7 Å². The normalized spacial score (nSPS) is 20.4. The molecule has 0 aliphatic carbocycles. The van der Waals surface area contributed by atoms with E-state index in [1.807, 2.05) is 0 Å². The molecule has 4 unspecified atom stereocenters. The molecule has 0 rings (SSSR count). The van der Waals surface area contributed by atoms with Gasteiger partial charge >= 0.3 is 15.5 Å². The van der Waals surface area contributed by atoms with E-state index in [1.54, 1.807) is 0 Å². The maximum atomic E-state index is 12.8. The third-order valence-electron chi connectivity index (χ3n) is 3.88. The van der Waals surface area contributed by atoms with Crippen LogP contribution in [0.15, 0.2) is 0 Å². The third-order valence-corrected chi connectivity index (χ3v) is 8.11. The van der Waals surface area contributed by atoms with Gasteiger partial charge in [-0.2, -0.15) is 0 Å². The molecule has 0 bridgehead atoms. The van der Waals surface area contributed by atoms with Crippen LogP contribution in [0, 0.1) is 0 Å². The summed E-state index contributed by atoms with van der Waals surface area (Å²) in [4.78, 5) is 17.0. The average Bonchev–Trinajstić information content (AvgIpc) is 2.43. The van der Waals surface area contributed by atoms with Crippen molar-refractivity contribution in [2.24, 2.45) is 16.1 Å². The molecule has 0 spiro atoms. The molecular formula is C13H33N3O9P2S2. The molecule has 0 fully saturated rings. The summed E-state index contributed by atoms with van der Waals surface area (Å²) in [6, 6.07) is 0. The second-order valence-corrected chi connectivity index (χ2v) is 13.9. The molecule has 12 nitrogen and oxygen atoms in total. The smallest absolute Gasteiger partial charge is 0.404 e. The SMILES string of the molecule is CC(C)(CC[S+]([O-])C(C)(CCCCCCS(N)(=O)=O)OP(N)(=O)O)OP(N)(=O)O. The molecule has 0 aromatic heterocycles. The zero-order chi connectivity index (χ0) is 23.1. The van der Waals surface area contributed by atoms with E-state index in [1.165, 1.54) is 20.8 Å². The summed E-state index contributed by atoms with van der Waals surface area (Å²) in [5.41, 5.74) is 8.90. The molecule has 0 aliphatic rings. The molecule has 0 saturated carbocycles. The number of hydrogen-bond acceptors (Lipinski definition) is 7. The molecule has 29 heavy (non-hydrogen) atoms. The zero-order valence-corrected chi connectivity index (χ0v) is 20.3. The van der Waals surface area contributed by atoms with Crippen LogP contribution >= 0.6 is 15.5 Å². The summed E-state index contributed by atoms with van der Waals surface area (Å²) in [6.45, 7) is 4.36. The second kappa shape index (κ2) is 11.3. The van der Waals surface area contributed by atoms with E-state index in [0.717, 1.165) is 0 Å². The number of unbranched alkanes of at least 4 members (excludes halogenated alkanes) is 3. The van der Waals surface area contributed by atoms with Gasteiger partial charge in [0.25, 0.3) is 0 Å². The van der Waals surface area contributed by atoms with Crippen LogP contribution < -0.4 is 16.1 Å². The van der Waals surface area contributed by atoms with Crippen molar-refractivity contribution in [2.45, 2.75) is 69.8 Å². The third kappa shape index (κ3) is 15.8. The summed E-state index contributed by atoms with van der Waals surface area (Å²) in [6.07, 6.45) is 2.06. The molecule has 0 aliphatic heterocycles. The van der Waals surface area contributed by atoms with E-state index >= 15 is 0 Å². The van der Waals surface area contributed by atoms with Gasteiger partial charge in [-0.3, -0.25) is 4.52 Å². The highest BCUT2D eigenvalue weighted by atomic mass is 32.2. The van der Waals surface area contributed by atoms with E-state index in [9.17, 15) is 27.0 Å². The monoisotopic (exact) mass is 501 g/mol. The van der Waals surface area contributed by atoms with E-state index in [-0.39, 0.29) is 24.3 Å². The number of hydrogen-bond donors (Lipinski definition) is 5. The van der Waals surface area contributed by atoms with Crippen molar-refractivity contribution in [3.63, 3.8) is 0 Å². The van der Waals surface area contributed by atoms with E-state index < -0.39 is 47.2 Å². The van der Waals surface area contributed by atoms with Crippen LogP contribution in [0.25, 0.3) is 0 Å². The topological polar surface area (TPSA) is 228 Å². The van der Waals surface area contributed by atoms with Crippen LogP contribution in [-0.4, -0.2) is 44.8 Å². The summed E-state index contributed by atoms with van der Waals surface area (Å²) in [5, 5.41) is 4.92. The van der Waals surface area contributed by atoms with Crippen LogP contribution in [0.3, 0.4) is 0 Å². The summed E-state index contributed by atoms with van der Waals surface area (Å²) >= 11 is -1.81. The lowest BCUT2D eigenvalue weighted by Gasteiger charge is -2.34. The molecule has 16 heteroatoms. The van der Waals surface area contributed by atoms with E-state index in [0.29, 0.717) is 25.7 Å². The molecule has 8 N–H and O–H groups in total. The number of nitrogens with two attached hydrogens (primary N) is 3. The fourth-order valence-electron chi connectivity index (χ4n) is 2.53. The first kappa shape index (κ1) is 29.4. The first-order chi connectivity index (χ1) is 12.7. The van der Waals surface area contributed by atoms with Gasteiger partial charge in [-0.25, -0.2) is 38.2 Å². The number of sulfonamides is 1. The lowest BCUT2D eigenvalue weighted by molar-refractivity contribution is 0.0882. The lowest BCUT2D eigenvalue weighted by Crippen LogP contribution is -2.41. The summed E-state index contributed by atoms with van der Waals surface area (Å²) in [7, 11) is -12.2. The Morgan fingerprint density at radius 1 is 0.966 bits per heavy atom. The fraction of sp³-hybridized carbons (Fsp3) is 1.00. The summed E-state index contributed by atoms with van der Waals surface area (Å²) in [5.74, 6) is -0.221. The van der Waals surface area contributed by atoms with Crippen molar-refractivity contribution in [3.8, 4) is 0 Å². The minimum atomic E-state index is -4.45. The van der Waals surface area contributed by atoms with Crippen LogP contribution in [0.1, 0.15) is 59.3 Å². The maximum Gasteiger partial charge on any atom is 0.404 e. The van der Waals surface area contributed by atoms with Crippen molar-refractivity contribution in [1.82, 2.24) is 0 Å². The fourth-order valence-corrected chi connectivity index (χ4v) is 6.72. The first-order valence-corrected chi connectivity index (χ1v) is 15.1. The highest BCUT2D eigenvalue weighted by Gasteiger charge is 2.43. The van der Waals surface area contributed by atoms with Crippen molar-refractivity contribution in [3.05, 3.63) is 0 Å². The van der Waals surface area contributed by atoms with Gasteiger partial charge < -0.3 is 14.3 Å². The highest BCUT2D eigenvalue weighted by Crippen LogP contribution is 2.44. The molecule has 0 aromatic rings. The van der Waals surface area contributed by atoms with Gasteiger partial charge in [-0.15, -0.1) is 0 Å². The first-order valence-electron chi connectivity index (χ1n) is 8.78. The Kier molecular flexibility index (Phi) is 11.5. The Hall–Kier alpha value is 0.440. The molecule has 0 radical (unpaired) electrons. The van der Waals surface area contributed by atoms with E-state index in [4.69, 9.17) is 30.1 Å². The Bertz CT molecular complexity index is 710. The lowest BCUT2D eigenvalue weighted by atomic mass is 10.1. The van der Waals surface area contributed by atoms with Gasteiger partial charge in [0.2, 0.25) is 15.0 Å². The maximum absolute atomic E-state index is 12.8. The Labute approximate surface area is 175 Å². The van der Waals surface area contributed by atoms with Gasteiger partial charge in [0.15, 0.2) is 0 Å². The molecule has 0 saturated heterocycles. The van der Waals surface area contributed by atoms with Gasteiger partial charge in [-0.05, 0) is 37.9 Å². The molecule has 0 heterocycles. The second-order valence-electron chi connectivity index (χ2n) is 7.54. The quantitative estimate of drug-likeness (QED) is 0.121. The minimum absolute atomic E-state index is 0.0506. The van der Waals surface area contributed by atoms with Crippen molar-refractivity contribution in [1.29, 1.82) is 0 Å². The standard InChI is InChI=1S/C13H33N3O9P2S2/c1-12(2,24-26(14,17)18)9-10-28(21)13(3,25-27(15,19)20)8-6-4-5-7-11-29(16,22)23/h4-11H2,1-3H3,(H3,14,17,18)(H3,15,19,20)(H2,16,22,23). The van der Waals surface area contributed by atoms with Crippen LogP contribution in [0.4, 0.5) is 0 Å². The predicted octanol–water partition coefficient (Wildman–Crippen LogP) is 1.01. The van der Waals surface area contributed by atoms with Crippen LogP contribution in [0.5, 0.6) is 0 Å². The largest absolute Gasteiger partial charge is 0.614 e. The van der Waals surface area contributed by atoms with Crippen LogP contribution in [-0.2, 0) is 39.4 Å². The highest BCUT2D eigenvalue weighted by molar-refractivity contribution is 7.92. The summed E-state index contributed by atoms with van der Waals surface area (Å²) < 4.78 is 67.3. The predicted molar refractivity (Wildman–Crippen MR) is 111 cm³/mol. The molecule has 176 valence electrons. The molecular weight excluding hydrogens is 468 g/mol. The number of primary sulfonamides is 1. The van der Waals surface area contributed by atoms with Crippen LogP contribution in [0.2, 0.25) is 0 Å².